The second kappa shape index (κ2) is 7.19. The Morgan fingerprint density at radius 3 is 2.58 bits per heavy atom. The minimum Gasteiger partial charge on any atom is -0.405 e. The Balaban J connectivity index is 2.60. The van der Waals surface area contributed by atoms with Crippen LogP contribution in [0.3, 0.4) is 0 Å². The van der Waals surface area contributed by atoms with Crippen molar-refractivity contribution in [1.29, 1.82) is 0 Å². The maximum Gasteiger partial charge on any atom is 0.573 e. The van der Waals surface area contributed by atoms with Gasteiger partial charge in [-0.05, 0) is 19.0 Å². The average Bonchev–Trinajstić information content (AvgIpc) is 2.28. The zero-order valence-electron chi connectivity index (χ0n) is 11.0. The van der Waals surface area contributed by atoms with Crippen molar-refractivity contribution in [2.75, 3.05) is 6.54 Å². The Labute approximate surface area is 111 Å². The summed E-state index contributed by atoms with van der Waals surface area (Å²) in [7, 11) is 0. The summed E-state index contributed by atoms with van der Waals surface area (Å²) in [6.07, 6.45) is -0.446. The van der Waals surface area contributed by atoms with Crippen LogP contribution in [0.4, 0.5) is 13.2 Å². The highest BCUT2D eigenvalue weighted by atomic mass is 19.4. The van der Waals surface area contributed by atoms with Crippen molar-refractivity contribution in [3.8, 4) is 5.75 Å². The number of para-hydroxylation sites is 1. The molecule has 0 heterocycles. The number of halogens is 3. The minimum atomic E-state index is -4.66. The minimum absolute atomic E-state index is 0.178. The Bertz CT molecular complexity index is 413. The van der Waals surface area contributed by atoms with E-state index in [0.29, 0.717) is 11.6 Å². The van der Waals surface area contributed by atoms with Crippen LogP contribution in [0.5, 0.6) is 5.75 Å². The molecule has 0 bridgehead atoms. The number of hydrogen-bond acceptors (Lipinski definition) is 2. The third-order valence-electron chi connectivity index (χ3n) is 2.31. The van der Waals surface area contributed by atoms with Gasteiger partial charge in [-0.2, -0.15) is 0 Å². The zero-order chi connectivity index (χ0) is 14.3. The Morgan fingerprint density at radius 2 is 1.95 bits per heavy atom. The maximum atomic E-state index is 12.2. The molecule has 106 valence electrons. The van der Waals surface area contributed by atoms with E-state index in [1.165, 1.54) is 12.1 Å². The van der Waals surface area contributed by atoms with E-state index in [4.69, 9.17) is 0 Å². The van der Waals surface area contributed by atoms with Gasteiger partial charge < -0.3 is 10.1 Å². The predicted molar refractivity (Wildman–Crippen MR) is 69.9 cm³/mol. The summed E-state index contributed by atoms with van der Waals surface area (Å²) in [6, 6.07) is 6.48. The van der Waals surface area contributed by atoms with Gasteiger partial charge in [0.25, 0.3) is 0 Å². The molecule has 0 fully saturated rings. The van der Waals surface area contributed by atoms with Crippen LogP contribution in [0.25, 0.3) is 6.08 Å². The lowest BCUT2D eigenvalue weighted by atomic mass is 10.2. The van der Waals surface area contributed by atoms with Crippen LogP contribution >= 0.6 is 0 Å². The van der Waals surface area contributed by atoms with Gasteiger partial charge in [0.05, 0.1) is 0 Å². The van der Waals surface area contributed by atoms with Crippen molar-refractivity contribution in [1.82, 2.24) is 5.32 Å². The highest BCUT2D eigenvalue weighted by molar-refractivity contribution is 5.57. The van der Waals surface area contributed by atoms with Gasteiger partial charge in [0, 0.05) is 11.6 Å². The molecule has 0 aromatic heterocycles. The SMILES string of the molecule is CC(C)NCCC=Cc1ccccc1OC(F)(F)F. The van der Waals surface area contributed by atoms with Gasteiger partial charge in [-0.3, -0.25) is 0 Å². The second-order valence-corrected chi connectivity index (χ2v) is 4.39. The molecule has 1 rings (SSSR count). The highest BCUT2D eigenvalue weighted by Gasteiger charge is 2.31. The first-order valence-electron chi connectivity index (χ1n) is 6.13. The monoisotopic (exact) mass is 273 g/mol. The van der Waals surface area contributed by atoms with Gasteiger partial charge in [-0.15, -0.1) is 13.2 Å². The lowest BCUT2D eigenvalue weighted by molar-refractivity contribution is -0.274. The van der Waals surface area contributed by atoms with E-state index in [2.05, 4.69) is 10.1 Å². The van der Waals surface area contributed by atoms with Gasteiger partial charge >= 0.3 is 6.36 Å². The third-order valence-corrected chi connectivity index (χ3v) is 2.31. The summed E-state index contributed by atoms with van der Waals surface area (Å²) >= 11 is 0. The standard InChI is InChI=1S/C14H18F3NO/c1-11(2)18-10-6-5-8-12-7-3-4-9-13(12)19-14(15,16)17/h3-5,7-9,11,18H,6,10H2,1-2H3. The molecule has 1 N–H and O–H groups in total. The molecule has 1 aromatic carbocycles. The molecule has 5 heteroatoms. The summed E-state index contributed by atoms with van der Waals surface area (Å²) < 4.78 is 40.6. The highest BCUT2D eigenvalue weighted by Crippen LogP contribution is 2.26. The van der Waals surface area contributed by atoms with Crippen LogP contribution in [0.2, 0.25) is 0 Å². The summed E-state index contributed by atoms with van der Waals surface area (Å²) in [5, 5.41) is 3.22. The zero-order valence-corrected chi connectivity index (χ0v) is 11.0. The normalized spacial score (nSPS) is 12.3. The molecule has 0 aliphatic rings. The summed E-state index contributed by atoms with van der Waals surface area (Å²) in [4.78, 5) is 0. The number of ether oxygens (including phenoxy) is 1. The summed E-state index contributed by atoms with van der Waals surface area (Å²) in [5.41, 5.74) is 0.421. The number of hydrogen-bond donors (Lipinski definition) is 1. The number of benzene rings is 1. The first-order valence-corrected chi connectivity index (χ1v) is 6.13. The molecule has 0 amide bonds. The molecule has 0 saturated heterocycles. The molecule has 1 aromatic rings. The fourth-order valence-electron chi connectivity index (χ4n) is 1.50. The second-order valence-electron chi connectivity index (χ2n) is 4.39. The molecule has 0 saturated carbocycles. The fraction of sp³-hybridized carbons (Fsp3) is 0.429. The molecule has 0 radical (unpaired) electrons. The molecular formula is C14H18F3NO. The smallest absolute Gasteiger partial charge is 0.405 e. The molecule has 0 unspecified atom stereocenters. The third kappa shape index (κ3) is 6.86. The maximum absolute atomic E-state index is 12.2. The van der Waals surface area contributed by atoms with E-state index in [1.807, 2.05) is 19.9 Å². The van der Waals surface area contributed by atoms with Crippen LogP contribution in [0.1, 0.15) is 25.8 Å². The average molecular weight is 273 g/mol. The molecule has 2 nitrogen and oxygen atoms in total. The lowest BCUT2D eigenvalue weighted by Gasteiger charge is -2.11. The van der Waals surface area contributed by atoms with E-state index < -0.39 is 6.36 Å². The van der Waals surface area contributed by atoms with Crippen molar-refractivity contribution in [2.45, 2.75) is 32.7 Å². The Hall–Kier alpha value is -1.49. The van der Waals surface area contributed by atoms with Crippen LogP contribution in [-0.2, 0) is 0 Å². The molecule has 0 aliphatic carbocycles. The van der Waals surface area contributed by atoms with Gasteiger partial charge in [0.15, 0.2) is 0 Å². The predicted octanol–water partition coefficient (Wildman–Crippen LogP) is 3.99. The summed E-state index contributed by atoms with van der Waals surface area (Å²) in [5.74, 6) is -0.178. The van der Waals surface area contributed by atoms with E-state index in [-0.39, 0.29) is 5.75 Å². The topological polar surface area (TPSA) is 21.3 Å². The van der Waals surface area contributed by atoms with Crippen molar-refractivity contribution in [3.63, 3.8) is 0 Å². The van der Waals surface area contributed by atoms with E-state index >= 15 is 0 Å². The molecular weight excluding hydrogens is 255 g/mol. The quantitative estimate of drug-likeness (QED) is 0.791. The summed E-state index contributed by atoms with van der Waals surface area (Å²) in [6.45, 7) is 4.86. The van der Waals surface area contributed by atoms with Gasteiger partial charge in [-0.1, -0.05) is 44.2 Å². The lowest BCUT2D eigenvalue weighted by Crippen LogP contribution is -2.23. The molecule has 0 atom stereocenters. The van der Waals surface area contributed by atoms with Crippen LogP contribution < -0.4 is 10.1 Å². The van der Waals surface area contributed by atoms with Crippen molar-refractivity contribution >= 4 is 6.08 Å². The largest absolute Gasteiger partial charge is 0.573 e. The number of nitrogens with one attached hydrogen (secondary N) is 1. The number of rotatable bonds is 6. The first kappa shape index (κ1) is 15.6. The van der Waals surface area contributed by atoms with E-state index in [0.717, 1.165) is 13.0 Å². The fourth-order valence-corrected chi connectivity index (χ4v) is 1.50. The van der Waals surface area contributed by atoms with Gasteiger partial charge in [0.2, 0.25) is 0 Å². The van der Waals surface area contributed by atoms with Crippen molar-refractivity contribution in [2.24, 2.45) is 0 Å². The van der Waals surface area contributed by atoms with Gasteiger partial charge in [-0.25, -0.2) is 0 Å². The van der Waals surface area contributed by atoms with Crippen molar-refractivity contribution < 1.29 is 17.9 Å². The molecule has 0 spiro atoms. The Kier molecular flexibility index (Phi) is 5.89. The van der Waals surface area contributed by atoms with E-state index in [1.54, 1.807) is 18.2 Å². The number of alkyl halides is 3. The molecule has 19 heavy (non-hydrogen) atoms. The van der Waals surface area contributed by atoms with Crippen LogP contribution in [0, 0.1) is 0 Å². The van der Waals surface area contributed by atoms with E-state index in [9.17, 15) is 13.2 Å². The first-order chi connectivity index (χ1) is 8.88. The van der Waals surface area contributed by atoms with Crippen molar-refractivity contribution in [3.05, 3.63) is 35.9 Å². The Morgan fingerprint density at radius 1 is 1.26 bits per heavy atom. The molecule has 0 aliphatic heterocycles. The van der Waals surface area contributed by atoms with Crippen LogP contribution in [0.15, 0.2) is 30.3 Å². The van der Waals surface area contributed by atoms with Gasteiger partial charge in [0.1, 0.15) is 5.75 Å². The van der Waals surface area contributed by atoms with Crippen LogP contribution in [-0.4, -0.2) is 18.9 Å².